The first-order valence-corrected chi connectivity index (χ1v) is 9.90. The molecule has 30 heavy (non-hydrogen) atoms. The van der Waals surface area contributed by atoms with E-state index in [-0.39, 0.29) is 5.56 Å². The Labute approximate surface area is 176 Å². The number of carbonyl (C=O) groups is 1. The van der Waals surface area contributed by atoms with Crippen LogP contribution >= 0.6 is 11.3 Å². The molecule has 0 spiro atoms. The Morgan fingerprint density at radius 3 is 2.67 bits per heavy atom. The van der Waals surface area contributed by atoms with Gasteiger partial charge in [-0.05, 0) is 42.3 Å². The molecule has 4 rings (SSSR count). The van der Waals surface area contributed by atoms with Crippen molar-refractivity contribution in [3.05, 3.63) is 71.5 Å². The first-order valence-electron chi connectivity index (χ1n) is 9.08. The van der Waals surface area contributed by atoms with Crippen LogP contribution in [0.3, 0.4) is 0 Å². The smallest absolute Gasteiger partial charge is 0.335 e. The highest BCUT2D eigenvalue weighted by Gasteiger charge is 2.17. The highest BCUT2D eigenvalue weighted by Crippen LogP contribution is 2.42. The van der Waals surface area contributed by atoms with Gasteiger partial charge in [0.1, 0.15) is 12.1 Å². The highest BCUT2D eigenvalue weighted by atomic mass is 32.1. The summed E-state index contributed by atoms with van der Waals surface area (Å²) in [7, 11) is 1.66. The van der Waals surface area contributed by atoms with Crippen LogP contribution in [0, 0.1) is 6.92 Å². The number of hydrogen-bond acceptors (Lipinski definition) is 7. The number of aromatic carboxylic acids is 1. The summed E-state index contributed by atoms with van der Waals surface area (Å²) >= 11 is 1.58. The number of ether oxygens (including phenoxy) is 1. The molecule has 8 heteroatoms. The average Bonchev–Trinajstić information content (AvgIpc) is 3.11. The fraction of sp³-hybridized carbons (Fsp3) is 0.0909. The first-order chi connectivity index (χ1) is 14.6. The van der Waals surface area contributed by atoms with Crippen LogP contribution in [0.4, 0.5) is 5.82 Å². The van der Waals surface area contributed by atoms with Crippen molar-refractivity contribution in [1.82, 2.24) is 9.97 Å². The SMILES string of the molecule is COc1ccccc1-c1sc2c(NN=Cc3ccc(C(=O)O)cc3)ncnc2c1C. The van der Waals surface area contributed by atoms with Gasteiger partial charge < -0.3 is 9.84 Å². The zero-order valence-electron chi connectivity index (χ0n) is 16.3. The lowest BCUT2D eigenvalue weighted by molar-refractivity contribution is 0.0697. The Bertz CT molecular complexity index is 1250. The zero-order chi connectivity index (χ0) is 21.1. The molecule has 0 radical (unpaired) electrons. The Morgan fingerprint density at radius 1 is 1.17 bits per heavy atom. The quantitative estimate of drug-likeness (QED) is 0.344. The Hall–Kier alpha value is -3.78. The number of carboxylic acids is 1. The number of benzene rings is 2. The maximum Gasteiger partial charge on any atom is 0.335 e. The number of aryl methyl sites for hydroxylation is 1. The van der Waals surface area contributed by atoms with E-state index in [1.807, 2.05) is 31.2 Å². The number of methoxy groups -OCH3 is 1. The van der Waals surface area contributed by atoms with Crippen molar-refractivity contribution in [2.75, 3.05) is 12.5 Å². The third-order valence-electron chi connectivity index (χ3n) is 4.60. The van der Waals surface area contributed by atoms with Crippen LogP contribution in [0.25, 0.3) is 20.7 Å². The van der Waals surface area contributed by atoms with E-state index < -0.39 is 5.97 Å². The number of aromatic nitrogens is 2. The Morgan fingerprint density at radius 2 is 1.93 bits per heavy atom. The number of para-hydroxylation sites is 1. The Balaban J connectivity index is 1.64. The lowest BCUT2D eigenvalue weighted by atomic mass is 10.1. The summed E-state index contributed by atoms with van der Waals surface area (Å²) in [5, 5.41) is 13.2. The molecular formula is C22H18N4O3S. The van der Waals surface area contributed by atoms with Gasteiger partial charge in [-0.1, -0.05) is 24.3 Å². The van der Waals surface area contributed by atoms with Gasteiger partial charge in [0.05, 0.1) is 29.1 Å². The second-order valence-corrected chi connectivity index (χ2v) is 7.47. The van der Waals surface area contributed by atoms with Gasteiger partial charge in [0.25, 0.3) is 0 Å². The van der Waals surface area contributed by atoms with Gasteiger partial charge in [-0.15, -0.1) is 11.3 Å². The third kappa shape index (κ3) is 3.72. The van der Waals surface area contributed by atoms with Crippen molar-refractivity contribution in [1.29, 1.82) is 0 Å². The van der Waals surface area contributed by atoms with Crippen molar-refractivity contribution in [2.45, 2.75) is 6.92 Å². The van der Waals surface area contributed by atoms with Gasteiger partial charge >= 0.3 is 5.97 Å². The summed E-state index contributed by atoms with van der Waals surface area (Å²) in [5.74, 6) is 0.448. The van der Waals surface area contributed by atoms with Gasteiger partial charge in [0, 0.05) is 10.4 Å². The number of fused-ring (bicyclic) bond motifs is 1. The number of hydrazone groups is 1. The lowest BCUT2D eigenvalue weighted by Gasteiger charge is -2.06. The molecule has 0 bridgehead atoms. The standard InChI is InChI=1S/C22H18N4O3S/c1-13-18-20(30-19(13)16-5-3-4-6-17(16)29-2)21(24-12-23-18)26-25-11-14-7-9-15(10-8-14)22(27)28/h3-12H,1-2H3,(H,27,28)(H,23,24,26). The monoisotopic (exact) mass is 418 g/mol. The van der Waals surface area contributed by atoms with E-state index in [1.165, 1.54) is 18.5 Å². The summed E-state index contributed by atoms with van der Waals surface area (Å²) in [6.45, 7) is 2.03. The van der Waals surface area contributed by atoms with Crippen molar-refractivity contribution in [3.8, 4) is 16.2 Å². The predicted octanol–water partition coefficient (Wildman–Crippen LogP) is 4.82. The van der Waals surface area contributed by atoms with Crippen LogP contribution in [0.5, 0.6) is 5.75 Å². The molecule has 0 saturated carbocycles. The second kappa shape index (κ2) is 8.30. The molecule has 0 fully saturated rings. The first kappa shape index (κ1) is 19.5. The number of anilines is 1. The summed E-state index contributed by atoms with van der Waals surface area (Å²) in [4.78, 5) is 20.8. The van der Waals surface area contributed by atoms with Gasteiger partial charge in [-0.3, -0.25) is 5.43 Å². The summed E-state index contributed by atoms with van der Waals surface area (Å²) in [6, 6.07) is 14.3. The number of nitrogens with zero attached hydrogens (tertiary/aromatic N) is 3. The zero-order valence-corrected chi connectivity index (χ0v) is 17.1. The molecule has 0 aliphatic heterocycles. The van der Waals surface area contributed by atoms with E-state index in [9.17, 15) is 4.79 Å². The minimum Gasteiger partial charge on any atom is -0.496 e. The summed E-state index contributed by atoms with van der Waals surface area (Å²) in [6.07, 6.45) is 3.12. The van der Waals surface area contributed by atoms with Gasteiger partial charge in [-0.2, -0.15) is 5.10 Å². The molecule has 0 aliphatic carbocycles. The molecule has 4 aromatic rings. The fourth-order valence-electron chi connectivity index (χ4n) is 3.07. The van der Waals surface area contributed by atoms with E-state index in [4.69, 9.17) is 9.84 Å². The topological polar surface area (TPSA) is 96.7 Å². The van der Waals surface area contributed by atoms with Crippen molar-refractivity contribution >= 4 is 39.6 Å². The highest BCUT2D eigenvalue weighted by molar-refractivity contribution is 7.23. The van der Waals surface area contributed by atoms with Crippen LogP contribution < -0.4 is 10.2 Å². The molecule has 7 nitrogen and oxygen atoms in total. The molecule has 2 aromatic heterocycles. The second-order valence-electron chi connectivity index (χ2n) is 6.45. The van der Waals surface area contributed by atoms with Crippen molar-refractivity contribution in [3.63, 3.8) is 0 Å². The summed E-state index contributed by atoms with van der Waals surface area (Å²) < 4.78 is 6.41. The molecule has 0 amide bonds. The third-order valence-corrected chi connectivity index (χ3v) is 5.92. The van der Waals surface area contributed by atoms with Gasteiger partial charge in [0.15, 0.2) is 5.82 Å². The maximum absolute atomic E-state index is 10.9. The molecule has 0 atom stereocenters. The van der Waals surface area contributed by atoms with E-state index in [0.29, 0.717) is 5.82 Å². The predicted molar refractivity (Wildman–Crippen MR) is 119 cm³/mol. The normalized spacial score (nSPS) is 11.1. The van der Waals surface area contributed by atoms with Gasteiger partial charge in [0.2, 0.25) is 0 Å². The largest absolute Gasteiger partial charge is 0.496 e. The minimum atomic E-state index is -0.959. The summed E-state index contributed by atoms with van der Waals surface area (Å²) in [5.41, 5.74) is 6.90. The van der Waals surface area contributed by atoms with Crippen LogP contribution in [0.15, 0.2) is 60.0 Å². The molecule has 2 N–H and O–H groups in total. The molecule has 2 heterocycles. The number of rotatable bonds is 6. The lowest BCUT2D eigenvalue weighted by Crippen LogP contribution is -1.97. The molecule has 0 aliphatic rings. The molecule has 0 unspecified atom stereocenters. The van der Waals surface area contributed by atoms with Crippen molar-refractivity contribution < 1.29 is 14.6 Å². The molecule has 150 valence electrons. The number of carboxylic acid groups (broad SMARTS) is 1. The van der Waals surface area contributed by atoms with E-state index in [0.717, 1.165) is 37.5 Å². The van der Waals surface area contributed by atoms with E-state index in [1.54, 1.807) is 36.8 Å². The Kier molecular flexibility index (Phi) is 5.40. The van der Waals surface area contributed by atoms with E-state index in [2.05, 4.69) is 20.5 Å². The number of hydrogen-bond donors (Lipinski definition) is 2. The van der Waals surface area contributed by atoms with Crippen molar-refractivity contribution in [2.24, 2.45) is 5.10 Å². The minimum absolute atomic E-state index is 0.232. The molecule has 2 aromatic carbocycles. The van der Waals surface area contributed by atoms with Crippen LogP contribution in [0.2, 0.25) is 0 Å². The van der Waals surface area contributed by atoms with Crippen LogP contribution in [-0.2, 0) is 0 Å². The van der Waals surface area contributed by atoms with E-state index >= 15 is 0 Å². The molecule has 0 saturated heterocycles. The average molecular weight is 418 g/mol. The fourth-order valence-corrected chi connectivity index (χ4v) is 4.30. The van der Waals surface area contributed by atoms with Crippen LogP contribution in [0.1, 0.15) is 21.5 Å². The van der Waals surface area contributed by atoms with Gasteiger partial charge in [-0.25, -0.2) is 14.8 Å². The van der Waals surface area contributed by atoms with Crippen LogP contribution in [-0.4, -0.2) is 34.4 Å². The molecular weight excluding hydrogens is 400 g/mol. The maximum atomic E-state index is 10.9. The number of thiophene rings is 1. The number of nitrogens with one attached hydrogen (secondary N) is 1.